The number of nitrogens with one attached hydrogen (secondary N) is 3. The predicted octanol–water partition coefficient (Wildman–Crippen LogP) is 7.91. The van der Waals surface area contributed by atoms with E-state index in [9.17, 15) is 23.6 Å². The zero-order valence-corrected chi connectivity index (χ0v) is 37.3. The molecule has 5 aliphatic rings. The van der Waals surface area contributed by atoms with Crippen LogP contribution in [0.1, 0.15) is 77.5 Å². The van der Waals surface area contributed by atoms with Gasteiger partial charge in [-0.3, -0.25) is 15.0 Å². The lowest BCUT2D eigenvalue weighted by Crippen LogP contribution is -2.47. The summed E-state index contributed by atoms with van der Waals surface area (Å²) in [5.41, 5.74) is 5.53. The summed E-state index contributed by atoms with van der Waals surface area (Å²) in [6.45, 7) is 14.3. The second kappa shape index (κ2) is 17.2. The molecule has 9 rings (SSSR count). The summed E-state index contributed by atoms with van der Waals surface area (Å²) in [6.07, 6.45) is 10.0. The van der Waals surface area contributed by atoms with Gasteiger partial charge in [0.15, 0.2) is 0 Å². The van der Waals surface area contributed by atoms with Gasteiger partial charge in [-0.25, -0.2) is 13.4 Å². The topological polar surface area (TPSA) is 169 Å². The molecule has 4 aromatic rings. The zero-order valence-electron chi connectivity index (χ0n) is 36.5. The molecule has 3 aliphatic carbocycles. The highest BCUT2D eigenvalue weighted by molar-refractivity contribution is 7.89. The van der Waals surface area contributed by atoms with Crippen molar-refractivity contribution in [2.75, 3.05) is 69.6 Å². The average molecular weight is 867 g/mol. The third kappa shape index (κ3) is 9.23. The van der Waals surface area contributed by atoms with Gasteiger partial charge < -0.3 is 29.9 Å². The molecule has 2 aliphatic heterocycles. The van der Waals surface area contributed by atoms with Crippen molar-refractivity contribution in [1.29, 1.82) is 0 Å². The summed E-state index contributed by atoms with van der Waals surface area (Å²) in [7, 11) is -2.35. The van der Waals surface area contributed by atoms with Crippen molar-refractivity contribution in [3.05, 3.63) is 87.7 Å². The van der Waals surface area contributed by atoms with Gasteiger partial charge in [0.1, 0.15) is 29.1 Å². The molecule has 0 radical (unpaired) electrons. The number of anilines is 2. The second-order valence-electron chi connectivity index (χ2n) is 19.6. The van der Waals surface area contributed by atoms with Crippen molar-refractivity contribution in [3.63, 3.8) is 0 Å². The van der Waals surface area contributed by atoms with E-state index in [-0.39, 0.29) is 27.6 Å². The van der Waals surface area contributed by atoms with Crippen molar-refractivity contribution in [1.82, 2.24) is 24.5 Å². The first-order valence-corrected chi connectivity index (χ1v) is 24.0. The molecule has 2 aromatic heterocycles. The Morgan fingerprint density at radius 3 is 2.55 bits per heavy atom. The van der Waals surface area contributed by atoms with Crippen LogP contribution in [0.3, 0.4) is 0 Å². The van der Waals surface area contributed by atoms with E-state index in [1.165, 1.54) is 44.2 Å². The van der Waals surface area contributed by atoms with Gasteiger partial charge in [0, 0.05) is 74.2 Å². The number of aliphatic hydroxyl groups is 1. The molecular formula is C47H62N8O6S. The van der Waals surface area contributed by atoms with E-state index in [0.29, 0.717) is 29.3 Å². The monoisotopic (exact) mass is 866 g/mol. The van der Waals surface area contributed by atoms with Crippen LogP contribution in [-0.4, -0.2) is 97.6 Å². The van der Waals surface area contributed by atoms with Gasteiger partial charge in [-0.05, 0) is 136 Å². The molecule has 2 aromatic carbocycles. The van der Waals surface area contributed by atoms with E-state index in [1.54, 1.807) is 29.6 Å². The number of hydrogen-bond acceptors (Lipinski definition) is 11. The van der Waals surface area contributed by atoms with Crippen molar-refractivity contribution >= 4 is 38.1 Å². The van der Waals surface area contributed by atoms with E-state index >= 15 is 0 Å². The number of fused-ring (bicyclic) bond motifs is 2. The third-order valence-electron chi connectivity index (χ3n) is 14.6. The van der Waals surface area contributed by atoms with Crippen LogP contribution in [0.5, 0.6) is 11.5 Å². The van der Waals surface area contributed by atoms with Gasteiger partial charge in [-0.2, -0.15) is 4.72 Å². The van der Waals surface area contributed by atoms with Crippen molar-refractivity contribution in [2.45, 2.75) is 76.8 Å². The molecule has 15 heteroatoms. The lowest BCUT2D eigenvalue weighted by Gasteiger charge is -2.40. The fourth-order valence-corrected chi connectivity index (χ4v) is 11.9. The van der Waals surface area contributed by atoms with Crippen molar-refractivity contribution < 1.29 is 23.2 Å². The highest BCUT2D eigenvalue weighted by atomic mass is 32.2. The van der Waals surface area contributed by atoms with Crippen LogP contribution in [-0.2, 0) is 10.0 Å². The molecule has 3 unspecified atom stereocenters. The van der Waals surface area contributed by atoms with Crippen LogP contribution in [0.25, 0.3) is 11.0 Å². The molecule has 62 heavy (non-hydrogen) atoms. The number of sulfonamides is 1. The number of ether oxygens (including phenoxy) is 1. The molecule has 4 fully saturated rings. The van der Waals surface area contributed by atoms with E-state index in [2.05, 4.69) is 62.5 Å². The number of pyridine rings is 1. The Kier molecular flexibility index (Phi) is 11.9. The average Bonchev–Trinajstić information content (AvgIpc) is 3.79. The molecule has 0 bridgehead atoms. The fourth-order valence-electron chi connectivity index (χ4n) is 10.8. The van der Waals surface area contributed by atoms with Crippen molar-refractivity contribution in [3.8, 4) is 11.5 Å². The predicted molar refractivity (Wildman–Crippen MR) is 242 cm³/mol. The van der Waals surface area contributed by atoms with Crippen molar-refractivity contribution in [2.24, 2.45) is 35.0 Å². The number of nitrogens with zero attached hydrogens (tertiary/aromatic N) is 5. The number of likely N-dealkylation sites (tertiary alicyclic amines) is 1. The Bertz CT molecular complexity index is 2440. The maximum Gasteiger partial charge on any atom is 0.293 e. The number of aliphatic hydroxyl groups excluding tert-OH is 1. The van der Waals surface area contributed by atoms with E-state index in [1.807, 2.05) is 24.3 Å². The number of allylic oxidation sites excluding steroid dienone is 1. The van der Waals surface area contributed by atoms with Gasteiger partial charge in [-0.1, -0.05) is 31.9 Å². The van der Waals surface area contributed by atoms with Gasteiger partial charge >= 0.3 is 0 Å². The van der Waals surface area contributed by atoms with Crippen LogP contribution in [0, 0.1) is 45.1 Å². The van der Waals surface area contributed by atoms with E-state index < -0.39 is 21.2 Å². The molecule has 5 atom stereocenters. The Labute approximate surface area is 365 Å². The minimum absolute atomic E-state index is 0.190. The number of aromatic nitrogens is 2. The summed E-state index contributed by atoms with van der Waals surface area (Å²) >= 11 is 0. The molecule has 332 valence electrons. The highest BCUT2D eigenvalue weighted by Gasteiger charge is 2.54. The Morgan fingerprint density at radius 1 is 1.03 bits per heavy atom. The number of aromatic amines is 1. The smallest absolute Gasteiger partial charge is 0.293 e. The molecule has 0 amide bonds. The fraction of sp³-hybridized carbons (Fsp3) is 0.553. The molecular weight excluding hydrogens is 805 g/mol. The van der Waals surface area contributed by atoms with Gasteiger partial charge in [0.05, 0.1) is 16.0 Å². The van der Waals surface area contributed by atoms with Crippen LogP contribution in [0.2, 0.25) is 0 Å². The number of piperidine rings is 1. The quantitative estimate of drug-likeness (QED) is 0.0421. The standard InChI is InChI=1S/C47H62N8O6S/c1-30-21-39(40-25-38(30)40)41-26-47(2,3)13-9-33(41)29-53-17-19-54(20-18-53)34-5-7-37(44(23-34)61-35-22-32-10-14-48-45(32)50-28-35)46(56)51-62(59,60)36-6-8-42(43(24-36)55(57)58)49-27-31-11-15-52(4)16-12-31/h5-8,10,14,22-24,28,30-31,38-40,46,49,51,56H,9,11-13,15-21,25-27,29H2,1-4H3,(H,48,50)/t30-,38?,39+,40?,46?/m0/s1. The molecule has 4 N–H and O–H groups in total. The van der Waals surface area contributed by atoms with Crippen LogP contribution >= 0.6 is 0 Å². The maximum absolute atomic E-state index is 13.8. The van der Waals surface area contributed by atoms with Crippen LogP contribution in [0.4, 0.5) is 17.1 Å². The molecule has 2 saturated heterocycles. The number of rotatable bonds is 14. The minimum Gasteiger partial charge on any atom is -0.455 e. The molecule has 0 spiro atoms. The summed E-state index contributed by atoms with van der Waals surface area (Å²) < 4.78 is 36.3. The summed E-state index contributed by atoms with van der Waals surface area (Å²) in [5, 5.41) is 27.8. The number of benzene rings is 2. The van der Waals surface area contributed by atoms with E-state index in [0.717, 1.165) is 99.5 Å². The third-order valence-corrected chi connectivity index (χ3v) is 16.1. The largest absolute Gasteiger partial charge is 0.455 e. The number of piperazine rings is 1. The Morgan fingerprint density at radius 2 is 1.82 bits per heavy atom. The first-order chi connectivity index (χ1) is 29.7. The zero-order chi connectivity index (χ0) is 43.3. The first kappa shape index (κ1) is 42.7. The van der Waals surface area contributed by atoms with Gasteiger partial charge in [0.25, 0.3) is 5.69 Å². The lowest BCUT2D eigenvalue weighted by atomic mass is 9.69. The molecule has 4 heterocycles. The number of nitro benzene ring substituents is 1. The minimum atomic E-state index is -4.43. The SMILES string of the molecule is C[C@H]1C[C@@H](C2=C(CN3CCN(c4ccc(C(O)NS(=O)(=O)c5ccc(NCC6CCN(C)CC6)c([N+](=O)[O-])c5)c(Oc5cnc6[nH]ccc6c5)c4)CC3)CCC(C)(C)C2)C2CC21. The second-order valence-corrected chi connectivity index (χ2v) is 21.3. The number of hydrogen-bond donors (Lipinski definition) is 4. The normalized spacial score (nSPS) is 25.2. The number of nitro groups is 1. The summed E-state index contributed by atoms with van der Waals surface area (Å²) in [4.78, 5) is 26.0. The van der Waals surface area contributed by atoms with Gasteiger partial charge in [-0.15, -0.1) is 0 Å². The summed E-state index contributed by atoms with van der Waals surface area (Å²) in [5.74, 6) is 4.52. The highest BCUT2D eigenvalue weighted by Crippen LogP contribution is 2.62. The van der Waals surface area contributed by atoms with Gasteiger partial charge in [0.2, 0.25) is 10.0 Å². The molecule has 2 saturated carbocycles. The number of H-pyrrole nitrogens is 1. The summed E-state index contributed by atoms with van der Waals surface area (Å²) in [6, 6.07) is 12.9. The molecule has 14 nitrogen and oxygen atoms in total. The van der Waals surface area contributed by atoms with Crippen LogP contribution in [0.15, 0.2) is 77.0 Å². The van der Waals surface area contributed by atoms with E-state index in [4.69, 9.17) is 4.74 Å². The maximum atomic E-state index is 13.8. The lowest BCUT2D eigenvalue weighted by molar-refractivity contribution is -0.384. The Balaban J connectivity index is 0.914. The Hall–Kier alpha value is -4.54. The first-order valence-electron chi connectivity index (χ1n) is 22.5. The van der Waals surface area contributed by atoms with Crippen LogP contribution < -0.4 is 19.7 Å².